The maximum atomic E-state index is 11.8. The van der Waals surface area contributed by atoms with Crippen LogP contribution in [0.25, 0.3) is 0 Å². The molecule has 0 bridgehead atoms. The number of methoxy groups -OCH3 is 3. The number of hydrogen-bond acceptors (Lipinski definition) is 4. The molecule has 0 heterocycles. The summed E-state index contributed by atoms with van der Waals surface area (Å²) in [4.78, 5) is 11.8. The number of carboxylic acids is 1. The van der Waals surface area contributed by atoms with Crippen LogP contribution in [0.1, 0.15) is 30.4 Å². The van der Waals surface area contributed by atoms with Gasteiger partial charge >= 0.3 is 5.97 Å². The van der Waals surface area contributed by atoms with Crippen molar-refractivity contribution in [1.82, 2.24) is 0 Å². The van der Waals surface area contributed by atoms with Gasteiger partial charge in [0.15, 0.2) is 0 Å². The fourth-order valence-electron chi connectivity index (χ4n) is 2.84. The lowest BCUT2D eigenvalue weighted by Gasteiger charge is -2.40. The Labute approximate surface area is 118 Å². The van der Waals surface area contributed by atoms with Crippen LogP contribution in [0.4, 0.5) is 0 Å². The Kier molecular flexibility index (Phi) is 4.18. The average Bonchev–Trinajstić information content (AvgIpc) is 2.38. The zero-order valence-electron chi connectivity index (χ0n) is 12.1. The first-order valence-corrected chi connectivity index (χ1v) is 6.56. The normalized spacial score (nSPS) is 16.4. The van der Waals surface area contributed by atoms with Crippen molar-refractivity contribution in [2.45, 2.75) is 31.3 Å². The maximum Gasteiger partial charge on any atom is 0.314 e. The largest absolute Gasteiger partial charge is 0.497 e. The second-order valence-electron chi connectivity index (χ2n) is 5.04. The van der Waals surface area contributed by atoms with Crippen molar-refractivity contribution in [3.05, 3.63) is 23.3 Å². The average molecular weight is 280 g/mol. The fourth-order valence-corrected chi connectivity index (χ4v) is 2.84. The minimum absolute atomic E-state index is 0.331. The molecule has 1 fully saturated rings. The van der Waals surface area contributed by atoms with Crippen LogP contribution in [0.3, 0.4) is 0 Å². The number of rotatable bonds is 6. The van der Waals surface area contributed by atoms with E-state index in [1.165, 1.54) is 0 Å². The third kappa shape index (κ3) is 2.22. The number of ether oxygens (including phenoxy) is 3. The van der Waals surface area contributed by atoms with E-state index in [0.29, 0.717) is 30.9 Å². The highest BCUT2D eigenvalue weighted by Crippen LogP contribution is 2.50. The Bertz CT molecular complexity index is 505. The first kappa shape index (κ1) is 14.7. The lowest BCUT2D eigenvalue weighted by atomic mass is 9.63. The van der Waals surface area contributed by atoms with Gasteiger partial charge < -0.3 is 19.3 Å². The summed E-state index contributed by atoms with van der Waals surface area (Å²) in [6.45, 7) is 0.331. The molecule has 0 atom stereocenters. The van der Waals surface area contributed by atoms with Crippen molar-refractivity contribution < 1.29 is 24.1 Å². The highest BCUT2D eigenvalue weighted by Gasteiger charge is 2.49. The Morgan fingerprint density at radius 1 is 1.25 bits per heavy atom. The first-order chi connectivity index (χ1) is 9.58. The molecule has 1 saturated carbocycles. The monoisotopic (exact) mass is 280 g/mol. The van der Waals surface area contributed by atoms with Crippen molar-refractivity contribution in [3.8, 4) is 11.5 Å². The van der Waals surface area contributed by atoms with Crippen LogP contribution in [0.15, 0.2) is 12.1 Å². The molecule has 20 heavy (non-hydrogen) atoms. The predicted molar refractivity (Wildman–Crippen MR) is 73.4 cm³/mol. The van der Waals surface area contributed by atoms with Gasteiger partial charge in [-0.3, -0.25) is 4.79 Å². The van der Waals surface area contributed by atoms with E-state index in [1.54, 1.807) is 27.4 Å². The Morgan fingerprint density at radius 2 is 1.95 bits per heavy atom. The number of benzene rings is 1. The van der Waals surface area contributed by atoms with Gasteiger partial charge in [-0.2, -0.15) is 0 Å². The van der Waals surface area contributed by atoms with Crippen LogP contribution in [-0.4, -0.2) is 32.4 Å². The molecule has 110 valence electrons. The Morgan fingerprint density at radius 3 is 2.35 bits per heavy atom. The zero-order valence-corrected chi connectivity index (χ0v) is 12.1. The van der Waals surface area contributed by atoms with Crippen molar-refractivity contribution >= 4 is 5.97 Å². The van der Waals surface area contributed by atoms with E-state index in [0.717, 1.165) is 17.5 Å². The second kappa shape index (κ2) is 5.71. The highest BCUT2D eigenvalue weighted by molar-refractivity contribution is 5.84. The summed E-state index contributed by atoms with van der Waals surface area (Å²) >= 11 is 0. The topological polar surface area (TPSA) is 65.0 Å². The summed E-state index contributed by atoms with van der Waals surface area (Å²) in [5.41, 5.74) is 0.679. The van der Waals surface area contributed by atoms with Gasteiger partial charge in [0, 0.05) is 18.7 Å². The van der Waals surface area contributed by atoms with E-state index in [-0.39, 0.29) is 0 Å². The molecular formula is C15H20O5. The third-order valence-electron chi connectivity index (χ3n) is 4.01. The summed E-state index contributed by atoms with van der Waals surface area (Å²) in [7, 11) is 4.70. The van der Waals surface area contributed by atoms with E-state index in [2.05, 4.69) is 0 Å². The molecule has 0 radical (unpaired) electrons. The summed E-state index contributed by atoms with van der Waals surface area (Å²) in [5.74, 6) is 0.389. The Balaban J connectivity index is 2.62. The summed E-state index contributed by atoms with van der Waals surface area (Å²) in [6.07, 6.45) is 2.16. The van der Waals surface area contributed by atoms with Gasteiger partial charge in [0.05, 0.1) is 26.2 Å². The van der Waals surface area contributed by atoms with Gasteiger partial charge in [-0.1, -0.05) is 6.42 Å². The molecule has 0 unspecified atom stereocenters. The minimum Gasteiger partial charge on any atom is -0.497 e. The van der Waals surface area contributed by atoms with E-state index in [9.17, 15) is 9.90 Å². The quantitative estimate of drug-likeness (QED) is 0.866. The van der Waals surface area contributed by atoms with Gasteiger partial charge in [0.2, 0.25) is 0 Å². The SMILES string of the molecule is COCc1cc(OC)cc(OC)c1C1(C(=O)O)CCC1. The van der Waals surface area contributed by atoms with Gasteiger partial charge in [-0.05, 0) is 24.5 Å². The fraction of sp³-hybridized carbons (Fsp3) is 0.533. The van der Waals surface area contributed by atoms with Crippen molar-refractivity contribution in [3.63, 3.8) is 0 Å². The van der Waals surface area contributed by atoms with Crippen LogP contribution in [0, 0.1) is 0 Å². The first-order valence-electron chi connectivity index (χ1n) is 6.56. The molecule has 0 spiro atoms. The van der Waals surface area contributed by atoms with Crippen LogP contribution in [0.2, 0.25) is 0 Å². The van der Waals surface area contributed by atoms with Gasteiger partial charge in [0.25, 0.3) is 0 Å². The predicted octanol–water partition coefficient (Wildman–Crippen LogP) is 2.36. The van der Waals surface area contributed by atoms with Crippen molar-refractivity contribution in [2.24, 2.45) is 0 Å². The second-order valence-corrected chi connectivity index (χ2v) is 5.04. The van der Waals surface area contributed by atoms with Crippen LogP contribution in [-0.2, 0) is 21.6 Å². The van der Waals surface area contributed by atoms with Crippen molar-refractivity contribution in [1.29, 1.82) is 0 Å². The number of carbonyl (C=O) groups is 1. The van der Waals surface area contributed by atoms with Crippen LogP contribution in [0.5, 0.6) is 11.5 Å². The third-order valence-corrected chi connectivity index (χ3v) is 4.01. The molecular weight excluding hydrogens is 260 g/mol. The molecule has 1 aliphatic rings. The number of hydrogen-bond donors (Lipinski definition) is 1. The number of carboxylic acid groups (broad SMARTS) is 1. The van der Waals surface area contributed by atoms with Gasteiger partial charge in [-0.25, -0.2) is 0 Å². The molecule has 0 aromatic heterocycles. The molecule has 1 aromatic carbocycles. The van der Waals surface area contributed by atoms with E-state index in [1.807, 2.05) is 6.07 Å². The molecule has 0 amide bonds. The molecule has 2 rings (SSSR count). The molecule has 0 aliphatic heterocycles. The standard InChI is InChI=1S/C15H20O5/c1-18-9-10-7-11(19-2)8-12(20-3)13(10)15(14(16)17)5-4-6-15/h7-8H,4-6,9H2,1-3H3,(H,16,17). The molecule has 5 heteroatoms. The smallest absolute Gasteiger partial charge is 0.314 e. The van der Waals surface area contributed by atoms with E-state index in [4.69, 9.17) is 14.2 Å². The minimum atomic E-state index is -0.856. The lowest BCUT2D eigenvalue weighted by Crippen LogP contribution is -2.43. The summed E-state index contributed by atoms with van der Waals surface area (Å²) < 4.78 is 15.9. The van der Waals surface area contributed by atoms with Gasteiger partial charge in [-0.15, -0.1) is 0 Å². The highest BCUT2D eigenvalue weighted by atomic mass is 16.5. The molecule has 0 saturated heterocycles. The molecule has 1 aliphatic carbocycles. The Hall–Kier alpha value is -1.75. The zero-order chi connectivity index (χ0) is 14.8. The number of aliphatic carboxylic acids is 1. The van der Waals surface area contributed by atoms with Crippen molar-refractivity contribution in [2.75, 3.05) is 21.3 Å². The van der Waals surface area contributed by atoms with Crippen LogP contribution >= 0.6 is 0 Å². The van der Waals surface area contributed by atoms with Gasteiger partial charge in [0.1, 0.15) is 11.5 Å². The molecule has 1 N–H and O–H groups in total. The van der Waals surface area contributed by atoms with E-state index >= 15 is 0 Å². The summed E-state index contributed by atoms with van der Waals surface area (Å²) in [5, 5.41) is 9.65. The molecule has 5 nitrogen and oxygen atoms in total. The molecule has 1 aromatic rings. The maximum absolute atomic E-state index is 11.8. The lowest BCUT2D eigenvalue weighted by molar-refractivity contribution is -0.147. The van der Waals surface area contributed by atoms with Crippen LogP contribution < -0.4 is 9.47 Å². The summed E-state index contributed by atoms with van der Waals surface area (Å²) in [6, 6.07) is 3.56. The van der Waals surface area contributed by atoms with E-state index < -0.39 is 11.4 Å².